The van der Waals surface area contributed by atoms with Gasteiger partial charge in [-0.05, 0) is 38.8 Å². The molecule has 6 heteroatoms. The topological polar surface area (TPSA) is 38.8 Å². The molecule has 1 fully saturated rings. The molecular weight excluding hydrogens is 271 g/mol. The molecule has 116 valence electrons. The average Bonchev–Trinajstić information content (AvgIpc) is 2.49. The largest absolute Gasteiger partial charge is 0.338 e. The monoisotopic (exact) mass is 294 g/mol. The summed E-state index contributed by atoms with van der Waals surface area (Å²) in [5, 5.41) is 2.09. The molecule has 0 spiro atoms. The summed E-state index contributed by atoms with van der Waals surface area (Å²) in [4.78, 5) is 16.5. The predicted molar refractivity (Wildman–Crippen MR) is 80.0 cm³/mol. The van der Waals surface area contributed by atoms with E-state index in [2.05, 4.69) is 10.4 Å². The molecule has 1 aromatic rings. The van der Waals surface area contributed by atoms with Gasteiger partial charge in [-0.3, -0.25) is 15.1 Å². The average molecular weight is 294 g/mol. The van der Waals surface area contributed by atoms with E-state index in [-0.39, 0.29) is 17.8 Å². The molecule has 0 saturated carbocycles. The molecule has 0 aliphatic carbocycles. The zero-order valence-corrected chi connectivity index (χ0v) is 12.8. The minimum atomic E-state index is -0.369. The van der Waals surface area contributed by atoms with E-state index < -0.39 is 0 Å². The molecule has 1 heterocycles. The van der Waals surface area contributed by atoms with Crippen LogP contribution in [0, 0.1) is 5.82 Å². The van der Waals surface area contributed by atoms with Crippen molar-refractivity contribution in [3.63, 3.8) is 0 Å². The van der Waals surface area contributed by atoms with E-state index in [4.69, 9.17) is 0 Å². The van der Waals surface area contributed by atoms with Crippen molar-refractivity contribution >= 4 is 5.91 Å². The molecule has 1 saturated heterocycles. The molecule has 1 aliphatic heterocycles. The van der Waals surface area contributed by atoms with Crippen LogP contribution in [0.5, 0.6) is 0 Å². The molecule has 1 unspecified atom stereocenters. The number of nitrogens with one attached hydrogen (secondary N) is 1. The number of hydrogen-bond donors (Lipinski definition) is 1. The van der Waals surface area contributed by atoms with Crippen molar-refractivity contribution in [3.05, 3.63) is 35.6 Å². The van der Waals surface area contributed by atoms with E-state index in [1.165, 1.54) is 12.1 Å². The van der Waals surface area contributed by atoms with Gasteiger partial charge in [-0.2, -0.15) is 0 Å². The first kappa shape index (κ1) is 15.9. The summed E-state index contributed by atoms with van der Waals surface area (Å²) >= 11 is 0. The molecule has 1 amide bonds. The van der Waals surface area contributed by atoms with Crippen LogP contribution >= 0.6 is 0 Å². The molecule has 1 N–H and O–H groups in total. The van der Waals surface area contributed by atoms with Crippen LogP contribution in [0.3, 0.4) is 0 Å². The summed E-state index contributed by atoms with van der Waals surface area (Å²) in [6.45, 7) is 3.02. The summed E-state index contributed by atoms with van der Waals surface area (Å²) < 4.78 is 13.1. The van der Waals surface area contributed by atoms with Crippen molar-refractivity contribution in [2.45, 2.75) is 6.04 Å². The molecule has 1 atom stereocenters. The number of hydrazine groups is 1. The Hall–Kier alpha value is -1.50. The lowest BCUT2D eigenvalue weighted by Crippen LogP contribution is -2.54. The zero-order valence-electron chi connectivity index (χ0n) is 12.8. The first-order valence-corrected chi connectivity index (χ1v) is 7.16. The van der Waals surface area contributed by atoms with Gasteiger partial charge in [0.05, 0.1) is 0 Å². The minimum Gasteiger partial charge on any atom is -0.338 e. The van der Waals surface area contributed by atoms with E-state index in [0.29, 0.717) is 13.1 Å². The quantitative estimate of drug-likeness (QED) is 0.887. The highest BCUT2D eigenvalue weighted by Gasteiger charge is 2.29. The van der Waals surface area contributed by atoms with Gasteiger partial charge in [0.25, 0.3) is 0 Å². The molecule has 5 nitrogen and oxygen atoms in total. The van der Waals surface area contributed by atoms with Crippen LogP contribution in [0.15, 0.2) is 24.3 Å². The second kappa shape index (κ2) is 6.98. The van der Waals surface area contributed by atoms with Crippen molar-refractivity contribution in [3.8, 4) is 0 Å². The van der Waals surface area contributed by atoms with Crippen molar-refractivity contribution in [2.75, 3.05) is 47.3 Å². The lowest BCUT2D eigenvalue weighted by atomic mass is 10.0. The maximum absolute atomic E-state index is 13.1. The molecule has 2 rings (SSSR count). The number of amides is 1. The third-order valence-corrected chi connectivity index (χ3v) is 3.84. The number of benzene rings is 1. The Morgan fingerprint density at radius 2 is 1.76 bits per heavy atom. The van der Waals surface area contributed by atoms with E-state index in [1.807, 2.05) is 30.9 Å². The number of hydrogen-bond acceptors (Lipinski definition) is 4. The molecule has 0 radical (unpaired) electrons. The standard InChI is InChI=1S/C15H23FN4O/c1-17-20-10-8-19(9-11-20)15(21)14(18(2)3)12-4-6-13(16)7-5-12/h4-7,14,17H,8-11H2,1-3H3. The first-order chi connectivity index (χ1) is 10.0. The Kier molecular flexibility index (Phi) is 5.27. The third kappa shape index (κ3) is 3.78. The number of halogens is 1. The van der Waals surface area contributed by atoms with Crippen molar-refractivity contribution in [1.82, 2.24) is 20.2 Å². The van der Waals surface area contributed by atoms with E-state index in [1.54, 1.807) is 12.1 Å². The number of rotatable bonds is 4. The fourth-order valence-corrected chi connectivity index (χ4v) is 2.63. The minimum absolute atomic E-state index is 0.0716. The van der Waals surface area contributed by atoms with Crippen LogP contribution in [0.25, 0.3) is 0 Å². The molecule has 21 heavy (non-hydrogen) atoms. The number of carbonyl (C=O) groups is 1. The maximum atomic E-state index is 13.1. The van der Waals surface area contributed by atoms with Gasteiger partial charge in [0.15, 0.2) is 0 Å². The van der Waals surface area contributed by atoms with Gasteiger partial charge in [0, 0.05) is 26.2 Å². The number of carbonyl (C=O) groups excluding carboxylic acids is 1. The van der Waals surface area contributed by atoms with E-state index in [0.717, 1.165) is 18.7 Å². The fraction of sp³-hybridized carbons (Fsp3) is 0.533. The highest BCUT2D eigenvalue weighted by molar-refractivity contribution is 5.83. The smallest absolute Gasteiger partial charge is 0.244 e. The highest BCUT2D eigenvalue weighted by Crippen LogP contribution is 2.22. The maximum Gasteiger partial charge on any atom is 0.244 e. The van der Waals surface area contributed by atoms with Gasteiger partial charge in [-0.1, -0.05) is 12.1 Å². The van der Waals surface area contributed by atoms with Crippen molar-refractivity contribution < 1.29 is 9.18 Å². The lowest BCUT2D eigenvalue weighted by molar-refractivity contribution is -0.138. The number of likely N-dealkylation sites (N-methyl/N-ethyl adjacent to an activating group) is 1. The molecular formula is C15H23FN4O. The van der Waals surface area contributed by atoms with Crippen LogP contribution in [0.2, 0.25) is 0 Å². The van der Waals surface area contributed by atoms with Gasteiger partial charge in [0.1, 0.15) is 11.9 Å². The summed E-state index contributed by atoms with van der Waals surface area (Å²) in [7, 11) is 5.63. The van der Waals surface area contributed by atoms with Gasteiger partial charge in [-0.15, -0.1) is 0 Å². The summed E-state index contributed by atoms with van der Waals surface area (Å²) in [5.74, 6) is -0.214. The highest BCUT2D eigenvalue weighted by atomic mass is 19.1. The number of piperazine rings is 1. The van der Waals surface area contributed by atoms with Crippen molar-refractivity contribution in [1.29, 1.82) is 0 Å². The van der Waals surface area contributed by atoms with Crippen molar-refractivity contribution in [2.24, 2.45) is 0 Å². The van der Waals surface area contributed by atoms with Gasteiger partial charge < -0.3 is 4.90 Å². The Morgan fingerprint density at radius 3 is 2.24 bits per heavy atom. The Labute approximate surface area is 125 Å². The lowest BCUT2D eigenvalue weighted by Gasteiger charge is -2.37. The van der Waals surface area contributed by atoms with E-state index >= 15 is 0 Å². The first-order valence-electron chi connectivity index (χ1n) is 7.16. The Balaban J connectivity index is 2.11. The fourth-order valence-electron chi connectivity index (χ4n) is 2.63. The van der Waals surface area contributed by atoms with Crippen LogP contribution < -0.4 is 5.43 Å². The van der Waals surface area contributed by atoms with E-state index in [9.17, 15) is 9.18 Å². The molecule has 1 aromatic carbocycles. The van der Waals surface area contributed by atoms with Gasteiger partial charge in [-0.25, -0.2) is 9.40 Å². The zero-order chi connectivity index (χ0) is 15.4. The normalized spacial score (nSPS) is 18.0. The second-order valence-corrected chi connectivity index (χ2v) is 5.45. The third-order valence-electron chi connectivity index (χ3n) is 3.84. The SMILES string of the molecule is CNN1CCN(C(=O)C(c2ccc(F)cc2)N(C)C)CC1. The molecule has 0 bridgehead atoms. The second-order valence-electron chi connectivity index (χ2n) is 5.45. The van der Waals surface area contributed by atoms with Crippen LogP contribution in [-0.2, 0) is 4.79 Å². The Bertz CT molecular complexity index is 469. The van der Waals surface area contributed by atoms with Crippen LogP contribution in [-0.4, -0.2) is 68.0 Å². The van der Waals surface area contributed by atoms with Gasteiger partial charge >= 0.3 is 0 Å². The van der Waals surface area contributed by atoms with Gasteiger partial charge in [0.2, 0.25) is 5.91 Å². The summed E-state index contributed by atoms with van der Waals surface area (Å²) in [5.41, 5.74) is 3.92. The van der Waals surface area contributed by atoms with Crippen LogP contribution in [0.4, 0.5) is 4.39 Å². The summed E-state index contributed by atoms with van der Waals surface area (Å²) in [6.07, 6.45) is 0. The Morgan fingerprint density at radius 1 is 1.19 bits per heavy atom. The molecule has 1 aliphatic rings. The van der Waals surface area contributed by atoms with Crippen LogP contribution in [0.1, 0.15) is 11.6 Å². The molecule has 0 aromatic heterocycles. The predicted octanol–water partition coefficient (Wildman–Crippen LogP) is 0.707. The number of nitrogens with zero attached hydrogens (tertiary/aromatic N) is 3. The summed E-state index contributed by atoms with van der Waals surface area (Å²) in [6, 6.07) is 5.80.